The van der Waals surface area contributed by atoms with Crippen LogP contribution in [0.15, 0.2) is 46.9 Å². The van der Waals surface area contributed by atoms with Crippen LogP contribution in [-0.2, 0) is 6.61 Å². The molecule has 0 saturated heterocycles. The number of aliphatic hydroxyl groups is 1. The Morgan fingerprint density at radius 2 is 1.85 bits per heavy atom. The molecule has 3 nitrogen and oxygen atoms in total. The predicted molar refractivity (Wildman–Crippen MR) is 82.1 cm³/mol. The van der Waals surface area contributed by atoms with E-state index in [2.05, 4.69) is 15.9 Å². The quantitative estimate of drug-likeness (QED) is 0.893. The Morgan fingerprint density at radius 3 is 2.45 bits per heavy atom. The first kappa shape index (κ1) is 14.9. The van der Waals surface area contributed by atoms with Crippen molar-refractivity contribution in [3.8, 4) is 11.5 Å². The first-order chi connectivity index (χ1) is 9.60. The van der Waals surface area contributed by atoms with Gasteiger partial charge in [-0.1, -0.05) is 28.1 Å². The second-order valence-electron chi connectivity index (χ2n) is 4.49. The molecule has 106 valence electrons. The molecule has 0 spiro atoms. The predicted octanol–water partition coefficient (Wildman–Crippen LogP) is 4.09. The molecule has 0 aliphatic rings. The van der Waals surface area contributed by atoms with Gasteiger partial charge in [-0.05, 0) is 42.8 Å². The molecule has 1 N–H and O–H groups in total. The lowest BCUT2D eigenvalue weighted by molar-refractivity contribution is 0.190. The van der Waals surface area contributed by atoms with E-state index in [0.29, 0.717) is 12.4 Å². The van der Waals surface area contributed by atoms with E-state index in [9.17, 15) is 5.11 Å². The van der Waals surface area contributed by atoms with E-state index in [1.165, 1.54) is 0 Å². The van der Waals surface area contributed by atoms with Crippen molar-refractivity contribution in [2.45, 2.75) is 19.6 Å². The van der Waals surface area contributed by atoms with E-state index in [-0.39, 0.29) is 0 Å². The molecule has 2 aromatic carbocycles. The van der Waals surface area contributed by atoms with E-state index >= 15 is 0 Å². The minimum absolute atomic E-state index is 0.450. The second kappa shape index (κ2) is 6.77. The van der Waals surface area contributed by atoms with E-state index in [1.54, 1.807) is 14.0 Å². The molecule has 2 aromatic rings. The van der Waals surface area contributed by atoms with Crippen LogP contribution in [-0.4, -0.2) is 12.2 Å². The van der Waals surface area contributed by atoms with Gasteiger partial charge < -0.3 is 14.6 Å². The fraction of sp³-hybridized carbons (Fsp3) is 0.250. The molecular formula is C16H17BrO3. The van der Waals surface area contributed by atoms with Crippen molar-refractivity contribution in [1.29, 1.82) is 0 Å². The summed E-state index contributed by atoms with van der Waals surface area (Å²) in [4.78, 5) is 0. The summed E-state index contributed by atoms with van der Waals surface area (Å²) in [7, 11) is 1.64. The zero-order chi connectivity index (χ0) is 14.5. The number of methoxy groups -OCH3 is 1. The summed E-state index contributed by atoms with van der Waals surface area (Å²) in [5, 5.41) is 9.78. The minimum atomic E-state index is -0.571. The maximum atomic E-state index is 9.78. The molecule has 0 saturated carbocycles. The average molecular weight is 337 g/mol. The van der Waals surface area contributed by atoms with Crippen molar-refractivity contribution in [1.82, 2.24) is 0 Å². The number of hydrogen-bond donors (Lipinski definition) is 1. The molecule has 0 radical (unpaired) electrons. The highest BCUT2D eigenvalue weighted by Crippen LogP contribution is 2.29. The summed E-state index contributed by atoms with van der Waals surface area (Å²) in [6.45, 7) is 2.17. The van der Waals surface area contributed by atoms with Crippen LogP contribution in [0, 0.1) is 0 Å². The molecule has 0 aliphatic carbocycles. The molecule has 4 heteroatoms. The monoisotopic (exact) mass is 336 g/mol. The van der Waals surface area contributed by atoms with Crippen molar-refractivity contribution in [2.75, 3.05) is 7.11 Å². The van der Waals surface area contributed by atoms with Crippen LogP contribution < -0.4 is 9.47 Å². The third-order valence-corrected chi connectivity index (χ3v) is 3.47. The number of halogens is 1. The van der Waals surface area contributed by atoms with Crippen molar-refractivity contribution < 1.29 is 14.6 Å². The van der Waals surface area contributed by atoms with Crippen LogP contribution in [0.25, 0.3) is 0 Å². The second-order valence-corrected chi connectivity index (χ2v) is 5.41. The van der Waals surface area contributed by atoms with Gasteiger partial charge in [-0.3, -0.25) is 0 Å². The first-order valence-corrected chi connectivity index (χ1v) is 7.12. The van der Waals surface area contributed by atoms with Gasteiger partial charge in [0.05, 0.1) is 13.2 Å². The van der Waals surface area contributed by atoms with Gasteiger partial charge in [-0.15, -0.1) is 0 Å². The molecule has 0 unspecified atom stereocenters. The molecule has 1 atom stereocenters. The lowest BCUT2D eigenvalue weighted by atomic mass is 10.1. The normalized spacial score (nSPS) is 12.0. The average Bonchev–Trinajstić information content (AvgIpc) is 2.46. The van der Waals surface area contributed by atoms with Gasteiger partial charge in [-0.2, -0.15) is 0 Å². The van der Waals surface area contributed by atoms with Crippen LogP contribution in [0.5, 0.6) is 11.5 Å². The Kier molecular flexibility index (Phi) is 5.04. The standard InChI is InChI=1S/C16H17BrO3/c1-11(18)15-9-13(17)5-8-16(15)20-10-12-3-6-14(19-2)7-4-12/h3-9,11,18H,10H2,1-2H3/t11-/m1/s1. The van der Waals surface area contributed by atoms with Crippen molar-refractivity contribution in [3.05, 3.63) is 58.1 Å². The molecule has 0 amide bonds. The smallest absolute Gasteiger partial charge is 0.125 e. The number of rotatable bonds is 5. The van der Waals surface area contributed by atoms with Gasteiger partial charge in [0.2, 0.25) is 0 Å². The topological polar surface area (TPSA) is 38.7 Å². The number of aliphatic hydroxyl groups excluding tert-OH is 1. The molecule has 0 fully saturated rings. The summed E-state index contributed by atoms with van der Waals surface area (Å²) in [5.74, 6) is 1.51. The van der Waals surface area contributed by atoms with E-state index in [0.717, 1.165) is 21.3 Å². The lowest BCUT2D eigenvalue weighted by Gasteiger charge is -2.14. The van der Waals surface area contributed by atoms with Crippen molar-refractivity contribution in [3.63, 3.8) is 0 Å². The Bertz CT molecular complexity index is 564. The van der Waals surface area contributed by atoms with Gasteiger partial charge in [0, 0.05) is 10.0 Å². The minimum Gasteiger partial charge on any atom is -0.497 e. The maximum absolute atomic E-state index is 9.78. The van der Waals surface area contributed by atoms with Gasteiger partial charge in [0.1, 0.15) is 18.1 Å². The molecule has 0 heterocycles. The molecular weight excluding hydrogens is 320 g/mol. The summed E-state index contributed by atoms with van der Waals surface area (Å²) in [6, 6.07) is 13.3. The summed E-state index contributed by atoms with van der Waals surface area (Å²) >= 11 is 3.40. The zero-order valence-corrected chi connectivity index (χ0v) is 13.1. The van der Waals surface area contributed by atoms with E-state index in [4.69, 9.17) is 9.47 Å². The summed E-state index contributed by atoms with van der Waals surface area (Å²) in [5.41, 5.74) is 1.82. The van der Waals surface area contributed by atoms with Crippen LogP contribution >= 0.6 is 15.9 Å². The Morgan fingerprint density at radius 1 is 1.15 bits per heavy atom. The third-order valence-electron chi connectivity index (χ3n) is 2.98. The molecule has 2 rings (SSSR count). The Balaban J connectivity index is 2.10. The molecule has 0 aromatic heterocycles. The third kappa shape index (κ3) is 3.74. The van der Waals surface area contributed by atoms with Crippen LogP contribution in [0.4, 0.5) is 0 Å². The number of ether oxygens (including phenoxy) is 2. The SMILES string of the molecule is COc1ccc(COc2ccc(Br)cc2[C@@H](C)O)cc1. The fourth-order valence-corrected chi connectivity index (χ4v) is 2.24. The molecule has 0 bridgehead atoms. The van der Waals surface area contributed by atoms with E-state index < -0.39 is 6.10 Å². The molecule has 20 heavy (non-hydrogen) atoms. The lowest BCUT2D eigenvalue weighted by Crippen LogP contribution is -2.01. The highest BCUT2D eigenvalue weighted by molar-refractivity contribution is 9.10. The number of hydrogen-bond acceptors (Lipinski definition) is 3. The molecule has 0 aliphatic heterocycles. The maximum Gasteiger partial charge on any atom is 0.125 e. The van der Waals surface area contributed by atoms with Gasteiger partial charge in [0.15, 0.2) is 0 Å². The zero-order valence-electron chi connectivity index (χ0n) is 11.5. The van der Waals surface area contributed by atoms with E-state index in [1.807, 2.05) is 42.5 Å². The van der Waals surface area contributed by atoms with Crippen molar-refractivity contribution >= 4 is 15.9 Å². The van der Waals surface area contributed by atoms with Crippen LogP contribution in [0.1, 0.15) is 24.2 Å². The fourth-order valence-electron chi connectivity index (χ4n) is 1.86. The highest BCUT2D eigenvalue weighted by atomic mass is 79.9. The summed E-state index contributed by atoms with van der Waals surface area (Å²) in [6.07, 6.45) is -0.571. The Hall–Kier alpha value is -1.52. The first-order valence-electron chi connectivity index (χ1n) is 6.33. The largest absolute Gasteiger partial charge is 0.497 e. The van der Waals surface area contributed by atoms with Gasteiger partial charge in [-0.25, -0.2) is 0 Å². The van der Waals surface area contributed by atoms with Crippen molar-refractivity contribution in [2.24, 2.45) is 0 Å². The van der Waals surface area contributed by atoms with Crippen LogP contribution in [0.2, 0.25) is 0 Å². The summed E-state index contributed by atoms with van der Waals surface area (Å²) < 4.78 is 11.8. The van der Waals surface area contributed by atoms with Gasteiger partial charge >= 0.3 is 0 Å². The van der Waals surface area contributed by atoms with Gasteiger partial charge in [0.25, 0.3) is 0 Å². The number of benzene rings is 2. The highest BCUT2D eigenvalue weighted by Gasteiger charge is 2.10. The van der Waals surface area contributed by atoms with Crippen LogP contribution in [0.3, 0.4) is 0 Å². The Labute approximate surface area is 127 Å².